The van der Waals surface area contributed by atoms with E-state index in [-0.39, 0.29) is 23.4 Å². The van der Waals surface area contributed by atoms with Gasteiger partial charge in [0.2, 0.25) is 10.0 Å². The first-order chi connectivity index (χ1) is 11.4. The Kier molecular flexibility index (Phi) is 4.71. The van der Waals surface area contributed by atoms with Crippen LogP contribution in [0.5, 0.6) is 0 Å². The van der Waals surface area contributed by atoms with Gasteiger partial charge in [-0.25, -0.2) is 12.8 Å². The van der Waals surface area contributed by atoms with E-state index in [0.29, 0.717) is 6.54 Å². The summed E-state index contributed by atoms with van der Waals surface area (Å²) < 4.78 is 46.3. The lowest BCUT2D eigenvalue weighted by Crippen LogP contribution is -2.45. The average Bonchev–Trinajstić information content (AvgIpc) is 2.55. The third-order valence-electron chi connectivity index (χ3n) is 4.10. The van der Waals surface area contributed by atoms with Gasteiger partial charge < -0.3 is 4.74 Å². The van der Waals surface area contributed by atoms with E-state index >= 15 is 0 Å². The Hall–Kier alpha value is -1.76. The summed E-state index contributed by atoms with van der Waals surface area (Å²) in [5, 5.41) is 0. The number of rotatable bonds is 3. The molecule has 3 rings (SSSR count). The molecule has 1 aliphatic rings. The van der Waals surface area contributed by atoms with Crippen LogP contribution in [0.3, 0.4) is 0 Å². The molecule has 24 heavy (non-hydrogen) atoms. The molecule has 2 aromatic carbocycles. The first-order valence-corrected chi connectivity index (χ1v) is 9.28. The lowest BCUT2D eigenvalue weighted by molar-refractivity contribution is -0.0557. The van der Waals surface area contributed by atoms with Gasteiger partial charge in [0.05, 0.1) is 17.1 Å². The Morgan fingerprint density at radius 1 is 1.12 bits per heavy atom. The maximum atomic E-state index is 13.1. The Morgan fingerprint density at radius 2 is 1.83 bits per heavy atom. The molecule has 128 valence electrons. The third kappa shape index (κ3) is 3.50. The summed E-state index contributed by atoms with van der Waals surface area (Å²) in [4.78, 5) is 0.287. The monoisotopic (exact) mass is 349 g/mol. The van der Waals surface area contributed by atoms with Gasteiger partial charge >= 0.3 is 0 Å². The zero-order chi connectivity index (χ0) is 17.3. The zero-order valence-corrected chi connectivity index (χ0v) is 14.5. The summed E-state index contributed by atoms with van der Waals surface area (Å²) in [6.45, 7) is 4.22. The molecule has 0 aliphatic carbocycles. The van der Waals surface area contributed by atoms with Crippen LogP contribution in [0.2, 0.25) is 0 Å². The molecule has 0 saturated carbocycles. The van der Waals surface area contributed by atoms with Crippen LogP contribution in [-0.2, 0) is 14.8 Å². The molecule has 1 fully saturated rings. The number of nitrogens with zero attached hydrogens (tertiary/aromatic N) is 1. The molecule has 6 heteroatoms. The van der Waals surface area contributed by atoms with Crippen LogP contribution in [0.25, 0.3) is 0 Å². The maximum absolute atomic E-state index is 13.1. The van der Waals surface area contributed by atoms with Gasteiger partial charge in [0.25, 0.3) is 0 Å². The normalized spacial score (nSPS) is 22.5. The van der Waals surface area contributed by atoms with E-state index in [1.807, 2.05) is 19.9 Å². The Balaban J connectivity index is 1.89. The van der Waals surface area contributed by atoms with Gasteiger partial charge in [0.1, 0.15) is 5.82 Å². The predicted molar refractivity (Wildman–Crippen MR) is 89.6 cm³/mol. The predicted octanol–water partition coefficient (Wildman–Crippen LogP) is 3.28. The van der Waals surface area contributed by atoms with E-state index < -0.39 is 16.1 Å². The van der Waals surface area contributed by atoms with E-state index in [0.717, 1.165) is 11.1 Å². The molecule has 2 aromatic rings. The van der Waals surface area contributed by atoms with Gasteiger partial charge in [-0.15, -0.1) is 0 Å². The van der Waals surface area contributed by atoms with Crippen LogP contribution in [-0.4, -0.2) is 31.9 Å². The number of halogens is 1. The summed E-state index contributed by atoms with van der Waals surface area (Å²) in [7, 11) is -3.59. The first kappa shape index (κ1) is 17.1. The van der Waals surface area contributed by atoms with Crippen molar-refractivity contribution in [3.63, 3.8) is 0 Å². The molecule has 1 saturated heterocycles. The van der Waals surface area contributed by atoms with E-state index in [1.165, 1.54) is 16.4 Å². The van der Waals surface area contributed by atoms with Crippen molar-refractivity contribution in [1.29, 1.82) is 0 Å². The van der Waals surface area contributed by atoms with Crippen LogP contribution in [0, 0.1) is 12.7 Å². The highest BCUT2D eigenvalue weighted by Gasteiger charge is 2.34. The summed E-state index contributed by atoms with van der Waals surface area (Å²) in [6.07, 6.45) is -0.651. The van der Waals surface area contributed by atoms with Crippen LogP contribution < -0.4 is 0 Å². The minimum Gasteiger partial charge on any atom is -0.368 e. The fraction of sp³-hybridized carbons (Fsp3) is 0.333. The quantitative estimate of drug-likeness (QED) is 0.854. The van der Waals surface area contributed by atoms with Crippen LogP contribution in [0.1, 0.15) is 24.2 Å². The average molecular weight is 349 g/mol. The fourth-order valence-electron chi connectivity index (χ4n) is 2.90. The van der Waals surface area contributed by atoms with Crippen molar-refractivity contribution in [2.75, 3.05) is 13.1 Å². The van der Waals surface area contributed by atoms with Gasteiger partial charge in [-0.3, -0.25) is 0 Å². The van der Waals surface area contributed by atoms with E-state index in [1.54, 1.807) is 30.3 Å². The van der Waals surface area contributed by atoms with E-state index in [4.69, 9.17) is 4.74 Å². The number of morpholine rings is 1. The lowest BCUT2D eigenvalue weighted by atomic mass is 10.1. The molecule has 0 bridgehead atoms. The Labute approximate surface area is 141 Å². The standard InChI is InChI=1S/C18H20FNO3S/c1-13-4-3-5-17(10-13)24(21,22)20-11-14(2)23-18(12-20)15-6-8-16(19)9-7-15/h3-10,14,18H,11-12H2,1-2H3. The highest BCUT2D eigenvalue weighted by Crippen LogP contribution is 2.29. The van der Waals surface area contributed by atoms with Crippen molar-refractivity contribution in [3.05, 3.63) is 65.5 Å². The fourth-order valence-corrected chi connectivity index (χ4v) is 4.52. The van der Waals surface area contributed by atoms with Crippen molar-refractivity contribution >= 4 is 10.0 Å². The molecule has 0 amide bonds. The van der Waals surface area contributed by atoms with Crippen molar-refractivity contribution in [2.45, 2.75) is 31.0 Å². The largest absolute Gasteiger partial charge is 0.368 e. The summed E-state index contributed by atoms with van der Waals surface area (Å²) >= 11 is 0. The van der Waals surface area contributed by atoms with Gasteiger partial charge in [0.15, 0.2) is 0 Å². The number of sulfonamides is 1. The summed E-state index contributed by atoms with van der Waals surface area (Å²) in [5.74, 6) is -0.327. The second-order valence-corrected chi connectivity index (χ2v) is 8.06. The SMILES string of the molecule is Cc1cccc(S(=O)(=O)N2CC(C)OC(c3ccc(F)cc3)C2)c1. The molecular formula is C18H20FNO3S. The maximum Gasteiger partial charge on any atom is 0.243 e. The van der Waals surface area contributed by atoms with Gasteiger partial charge in [-0.2, -0.15) is 4.31 Å². The smallest absolute Gasteiger partial charge is 0.243 e. The summed E-state index contributed by atoms with van der Waals surface area (Å²) in [5.41, 5.74) is 1.67. The minimum atomic E-state index is -3.59. The number of benzene rings is 2. The second-order valence-electron chi connectivity index (χ2n) is 6.13. The van der Waals surface area contributed by atoms with Crippen LogP contribution in [0.15, 0.2) is 53.4 Å². The van der Waals surface area contributed by atoms with E-state index in [2.05, 4.69) is 0 Å². The minimum absolute atomic E-state index is 0.215. The topological polar surface area (TPSA) is 46.6 Å². The zero-order valence-electron chi connectivity index (χ0n) is 13.6. The summed E-state index contributed by atoms with van der Waals surface area (Å²) in [6, 6.07) is 12.9. The molecule has 1 aliphatic heterocycles. The molecule has 0 spiro atoms. The van der Waals surface area contributed by atoms with Crippen molar-refractivity contribution < 1.29 is 17.5 Å². The molecule has 1 heterocycles. The molecule has 2 atom stereocenters. The van der Waals surface area contributed by atoms with Crippen molar-refractivity contribution in [3.8, 4) is 0 Å². The molecule has 0 aromatic heterocycles. The Morgan fingerprint density at radius 3 is 2.50 bits per heavy atom. The van der Waals surface area contributed by atoms with Gasteiger partial charge in [0, 0.05) is 13.1 Å². The molecule has 2 unspecified atom stereocenters. The highest BCUT2D eigenvalue weighted by molar-refractivity contribution is 7.89. The second kappa shape index (κ2) is 6.63. The molecule has 0 N–H and O–H groups in total. The molecule has 4 nitrogen and oxygen atoms in total. The highest BCUT2D eigenvalue weighted by atomic mass is 32.2. The van der Waals surface area contributed by atoms with Gasteiger partial charge in [-0.1, -0.05) is 24.3 Å². The van der Waals surface area contributed by atoms with Crippen molar-refractivity contribution in [1.82, 2.24) is 4.31 Å². The van der Waals surface area contributed by atoms with Crippen molar-refractivity contribution in [2.24, 2.45) is 0 Å². The van der Waals surface area contributed by atoms with Gasteiger partial charge in [-0.05, 0) is 49.2 Å². The van der Waals surface area contributed by atoms with Crippen LogP contribution in [0.4, 0.5) is 4.39 Å². The third-order valence-corrected chi connectivity index (χ3v) is 5.92. The molecular weight excluding hydrogens is 329 g/mol. The number of aryl methyl sites for hydroxylation is 1. The Bertz CT molecular complexity index is 820. The van der Waals surface area contributed by atoms with E-state index in [9.17, 15) is 12.8 Å². The number of ether oxygens (including phenoxy) is 1. The van der Waals surface area contributed by atoms with Crippen LogP contribution >= 0.6 is 0 Å². The number of hydrogen-bond acceptors (Lipinski definition) is 3. The number of hydrogen-bond donors (Lipinski definition) is 0. The lowest BCUT2D eigenvalue weighted by Gasteiger charge is -2.36. The first-order valence-electron chi connectivity index (χ1n) is 7.84. The molecule has 0 radical (unpaired) electrons.